The van der Waals surface area contributed by atoms with Gasteiger partial charge in [0.2, 0.25) is 5.91 Å². The molecule has 2 saturated heterocycles. The van der Waals surface area contributed by atoms with E-state index >= 15 is 0 Å². The summed E-state index contributed by atoms with van der Waals surface area (Å²) in [5, 5.41) is 3.47. The molecule has 0 aliphatic carbocycles. The third-order valence-corrected chi connectivity index (χ3v) is 7.09. The third kappa shape index (κ3) is 4.41. The fourth-order valence-corrected chi connectivity index (χ4v) is 5.26. The molecule has 3 aromatic rings. The van der Waals surface area contributed by atoms with Gasteiger partial charge in [0.25, 0.3) is 0 Å². The van der Waals surface area contributed by atoms with Crippen LogP contribution in [0.15, 0.2) is 78.9 Å². The molecule has 1 amide bonds. The summed E-state index contributed by atoms with van der Waals surface area (Å²) >= 11 is 0. The lowest BCUT2D eigenvalue weighted by Gasteiger charge is -2.38. The Kier molecular flexibility index (Phi) is 6.57. The Hall–Kier alpha value is -3.28. The van der Waals surface area contributed by atoms with Crippen molar-refractivity contribution in [3.8, 4) is 11.1 Å². The van der Waals surface area contributed by atoms with E-state index in [-0.39, 0.29) is 29.6 Å². The fourth-order valence-electron chi connectivity index (χ4n) is 5.26. The predicted molar refractivity (Wildman–Crippen MR) is 133 cm³/mol. The second-order valence-corrected chi connectivity index (χ2v) is 9.13. The van der Waals surface area contributed by atoms with E-state index in [0.29, 0.717) is 31.9 Å². The number of rotatable bonds is 5. The number of Topliss-reactive ketones (excluding diaryl/α,β-unsaturated/α-hetero) is 1. The van der Waals surface area contributed by atoms with Crippen LogP contribution in [0.4, 0.5) is 0 Å². The van der Waals surface area contributed by atoms with Crippen molar-refractivity contribution in [2.75, 3.05) is 32.8 Å². The van der Waals surface area contributed by atoms with E-state index < -0.39 is 0 Å². The molecule has 5 nitrogen and oxygen atoms in total. The van der Waals surface area contributed by atoms with Crippen molar-refractivity contribution in [1.82, 2.24) is 10.2 Å². The molecule has 2 aliphatic heterocycles. The van der Waals surface area contributed by atoms with Crippen molar-refractivity contribution in [3.05, 3.63) is 95.6 Å². The standard InChI is InChI=1S/C29H30N2O3/c1-20(32)21-11-13-22(14-12-21)24-9-5-6-10-25(24)26-17-30-18-27(26)29(33)31-15-16-34-19-28(31)23-7-3-2-4-8-23/h2-14,26-28,30H,15-19H2,1H3/t26-,27+,28+/m0/s1. The number of hydrogen-bond acceptors (Lipinski definition) is 4. The van der Waals surface area contributed by atoms with Gasteiger partial charge in [-0.3, -0.25) is 9.59 Å². The molecule has 1 N–H and O–H groups in total. The molecule has 0 bridgehead atoms. The number of carbonyl (C=O) groups excluding carboxylic acids is 2. The lowest BCUT2D eigenvalue weighted by molar-refractivity contribution is -0.144. The van der Waals surface area contributed by atoms with E-state index in [2.05, 4.69) is 29.6 Å². The topological polar surface area (TPSA) is 58.6 Å². The van der Waals surface area contributed by atoms with Crippen LogP contribution in [0, 0.1) is 5.92 Å². The molecule has 2 fully saturated rings. The Bertz CT molecular complexity index is 1160. The first-order valence-corrected chi connectivity index (χ1v) is 12.0. The van der Waals surface area contributed by atoms with Crippen molar-refractivity contribution in [2.45, 2.75) is 18.9 Å². The van der Waals surface area contributed by atoms with Gasteiger partial charge >= 0.3 is 0 Å². The molecule has 34 heavy (non-hydrogen) atoms. The van der Waals surface area contributed by atoms with Gasteiger partial charge in [-0.05, 0) is 29.2 Å². The first kappa shape index (κ1) is 22.5. The molecular formula is C29H30N2O3. The summed E-state index contributed by atoms with van der Waals surface area (Å²) in [5.41, 5.74) is 5.17. The largest absolute Gasteiger partial charge is 0.377 e. The van der Waals surface area contributed by atoms with Crippen LogP contribution in [-0.4, -0.2) is 49.4 Å². The van der Waals surface area contributed by atoms with E-state index in [4.69, 9.17) is 4.74 Å². The molecule has 3 aromatic carbocycles. The average molecular weight is 455 g/mol. The van der Waals surface area contributed by atoms with Gasteiger partial charge in [-0.15, -0.1) is 0 Å². The van der Waals surface area contributed by atoms with Gasteiger partial charge in [0, 0.05) is 31.1 Å². The SMILES string of the molecule is CC(=O)c1ccc(-c2ccccc2[C@@H]2CNC[C@H]2C(=O)N2CCOC[C@@H]2c2ccccc2)cc1. The minimum absolute atomic E-state index is 0.0573. The lowest BCUT2D eigenvalue weighted by Crippen LogP contribution is -2.47. The summed E-state index contributed by atoms with van der Waals surface area (Å²) in [4.78, 5) is 27.7. The number of ketones is 1. The van der Waals surface area contributed by atoms with Crippen molar-refractivity contribution in [1.29, 1.82) is 0 Å². The van der Waals surface area contributed by atoms with Gasteiger partial charge in [-0.1, -0.05) is 78.9 Å². The summed E-state index contributed by atoms with van der Waals surface area (Å²) in [5.74, 6) is 0.190. The van der Waals surface area contributed by atoms with E-state index in [0.717, 1.165) is 23.2 Å². The van der Waals surface area contributed by atoms with Crippen molar-refractivity contribution in [3.63, 3.8) is 0 Å². The highest BCUT2D eigenvalue weighted by atomic mass is 16.5. The van der Waals surface area contributed by atoms with E-state index in [1.165, 1.54) is 5.56 Å². The van der Waals surface area contributed by atoms with Gasteiger partial charge in [0.05, 0.1) is 25.2 Å². The van der Waals surface area contributed by atoms with Crippen LogP contribution in [0.25, 0.3) is 11.1 Å². The molecule has 2 heterocycles. The minimum atomic E-state index is -0.137. The van der Waals surface area contributed by atoms with E-state index in [9.17, 15) is 9.59 Å². The van der Waals surface area contributed by atoms with Crippen LogP contribution >= 0.6 is 0 Å². The van der Waals surface area contributed by atoms with Gasteiger partial charge < -0.3 is 15.0 Å². The van der Waals surface area contributed by atoms with Crippen LogP contribution in [-0.2, 0) is 9.53 Å². The van der Waals surface area contributed by atoms with E-state index in [1.807, 2.05) is 59.5 Å². The zero-order chi connectivity index (χ0) is 23.5. The monoisotopic (exact) mass is 454 g/mol. The van der Waals surface area contributed by atoms with Crippen LogP contribution in [0.2, 0.25) is 0 Å². The van der Waals surface area contributed by atoms with Gasteiger partial charge in [-0.2, -0.15) is 0 Å². The number of carbonyl (C=O) groups is 2. The maximum atomic E-state index is 13.9. The Balaban J connectivity index is 1.44. The lowest BCUT2D eigenvalue weighted by atomic mass is 9.83. The molecule has 3 atom stereocenters. The molecular weight excluding hydrogens is 424 g/mol. The molecule has 5 heteroatoms. The molecule has 0 aromatic heterocycles. The number of benzene rings is 3. The molecule has 0 saturated carbocycles. The predicted octanol–water partition coefficient (Wildman–Crippen LogP) is 4.46. The van der Waals surface area contributed by atoms with Crippen molar-refractivity contribution < 1.29 is 14.3 Å². The normalized spacial score (nSPS) is 22.5. The van der Waals surface area contributed by atoms with Gasteiger partial charge in [0.1, 0.15) is 0 Å². The van der Waals surface area contributed by atoms with Gasteiger partial charge in [0.15, 0.2) is 5.78 Å². The molecule has 0 radical (unpaired) electrons. The Labute approximate surface area is 200 Å². The summed E-state index contributed by atoms with van der Waals surface area (Å²) in [7, 11) is 0. The maximum Gasteiger partial charge on any atom is 0.228 e. The summed E-state index contributed by atoms with van der Waals surface area (Å²) < 4.78 is 5.76. The molecule has 0 spiro atoms. The first-order chi connectivity index (χ1) is 16.6. The van der Waals surface area contributed by atoms with Gasteiger partial charge in [-0.25, -0.2) is 0 Å². The Morgan fingerprint density at radius 1 is 0.912 bits per heavy atom. The number of nitrogens with one attached hydrogen (secondary N) is 1. The highest BCUT2D eigenvalue weighted by Crippen LogP contribution is 2.38. The highest BCUT2D eigenvalue weighted by Gasteiger charge is 2.40. The fraction of sp³-hybridized carbons (Fsp3) is 0.310. The second-order valence-electron chi connectivity index (χ2n) is 9.13. The van der Waals surface area contributed by atoms with Crippen molar-refractivity contribution >= 4 is 11.7 Å². The minimum Gasteiger partial charge on any atom is -0.377 e. The van der Waals surface area contributed by atoms with Crippen LogP contribution in [0.1, 0.15) is 40.4 Å². The van der Waals surface area contributed by atoms with Crippen LogP contribution in [0.5, 0.6) is 0 Å². The smallest absolute Gasteiger partial charge is 0.228 e. The number of morpholine rings is 1. The average Bonchev–Trinajstić information content (AvgIpc) is 3.39. The van der Waals surface area contributed by atoms with E-state index in [1.54, 1.807) is 6.92 Å². The number of amides is 1. The third-order valence-electron chi connectivity index (χ3n) is 7.09. The maximum absolute atomic E-state index is 13.9. The molecule has 2 aliphatic rings. The number of hydrogen-bond donors (Lipinski definition) is 1. The zero-order valence-corrected chi connectivity index (χ0v) is 19.4. The number of ether oxygens (including phenoxy) is 1. The molecule has 5 rings (SSSR count). The summed E-state index contributed by atoms with van der Waals surface area (Å²) in [6.07, 6.45) is 0. The van der Waals surface area contributed by atoms with Crippen LogP contribution in [0.3, 0.4) is 0 Å². The summed E-state index contributed by atoms with van der Waals surface area (Å²) in [6, 6.07) is 26.2. The second kappa shape index (κ2) is 9.92. The molecule has 174 valence electrons. The molecule has 0 unspecified atom stereocenters. The number of nitrogens with zero attached hydrogens (tertiary/aromatic N) is 1. The Morgan fingerprint density at radius 3 is 2.41 bits per heavy atom. The highest BCUT2D eigenvalue weighted by molar-refractivity contribution is 5.94. The zero-order valence-electron chi connectivity index (χ0n) is 19.4. The first-order valence-electron chi connectivity index (χ1n) is 12.0. The van der Waals surface area contributed by atoms with Crippen molar-refractivity contribution in [2.24, 2.45) is 5.92 Å². The Morgan fingerprint density at radius 2 is 1.65 bits per heavy atom. The quantitative estimate of drug-likeness (QED) is 0.579. The van der Waals surface area contributed by atoms with Crippen LogP contribution < -0.4 is 5.32 Å². The summed E-state index contributed by atoms with van der Waals surface area (Å²) in [6.45, 7) is 4.71.